The molecule has 2 amide bonds. The summed E-state index contributed by atoms with van der Waals surface area (Å²) in [4.78, 5) is 25.0. The molecule has 2 N–H and O–H groups in total. The Morgan fingerprint density at radius 1 is 0.964 bits per heavy atom. The predicted molar refractivity (Wildman–Crippen MR) is 111 cm³/mol. The molecule has 0 aliphatic heterocycles. The number of thiophene rings is 1. The fourth-order valence-corrected chi connectivity index (χ4v) is 3.13. The van der Waals surface area contributed by atoms with Crippen molar-refractivity contribution in [1.29, 1.82) is 0 Å². The Bertz CT molecular complexity index is 970. The summed E-state index contributed by atoms with van der Waals surface area (Å²) >= 11 is 1.36. The second-order valence-corrected chi connectivity index (χ2v) is 6.95. The van der Waals surface area contributed by atoms with Crippen LogP contribution >= 0.6 is 11.3 Å². The van der Waals surface area contributed by atoms with E-state index in [0.29, 0.717) is 27.8 Å². The van der Waals surface area contributed by atoms with Gasteiger partial charge in [0.15, 0.2) is 18.1 Å². The van der Waals surface area contributed by atoms with Crippen LogP contribution in [0.2, 0.25) is 0 Å². The second-order valence-electron chi connectivity index (χ2n) is 6.00. The smallest absolute Gasteiger partial charge is 0.265 e. The number of nitrogens with one attached hydrogen (secondary N) is 2. The van der Waals surface area contributed by atoms with Crippen molar-refractivity contribution in [3.05, 3.63) is 70.4 Å². The van der Waals surface area contributed by atoms with Crippen molar-refractivity contribution in [3.63, 3.8) is 0 Å². The van der Waals surface area contributed by atoms with Gasteiger partial charge in [0, 0.05) is 11.4 Å². The highest BCUT2D eigenvalue weighted by molar-refractivity contribution is 7.12. The largest absolute Gasteiger partial charge is 0.493 e. The standard InChI is InChI=1S/C21H20N2O4S/c1-14-8-9-17(18(11-14)26-2)27-13-20(24)22-15-5-3-6-16(12-15)23-21(25)19-7-4-10-28-19/h3-12H,13H2,1-2H3,(H,22,24)(H,23,25). The fraction of sp³-hybridized carbons (Fsp3) is 0.143. The predicted octanol–water partition coefficient (Wildman–Crippen LogP) is 4.33. The second kappa shape index (κ2) is 9.05. The van der Waals surface area contributed by atoms with Crippen molar-refractivity contribution in [2.75, 3.05) is 24.4 Å². The van der Waals surface area contributed by atoms with E-state index < -0.39 is 0 Å². The van der Waals surface area contributed by atoms with E-state index in [-0.39, 0.29) is 18.4 Å². The Kier molecular flexibility index (Phi) is 6.29. The minimum atomic E-state index is -0.315. The molecule has 0 atom stereocenters. The monoisotopic (exact) mass is 396 g/mol. The van der Waals surface area contributed by atoms with Gasteiger partial charge in [-0.1, -0.05) is 18.2 Å². The molecule has 0 radical (unpaired) electrons. The maximum atomic E-state index is 12.2. The number of benzene rings is 2. The Morgan fingerprint density at radius 3 is 2.46 bits per heavy atom. The van der Waals surface area contributed by atoms with Crippen molar-refractivity contribution in [1.82, 2.24) is 0 Å². The van der Waals surface area contributed by atoms with Crippen molar-refractivity contribution >= 4 is 34.5 Å². The van der Waals surface area contributed by atoms with Gasteiger partial charge in [0.05, 0.1) is 12.0 Å². The molecule has 0 fully saturated rings. The average Bonchev–Trinajstić information content (AvgIpc) is 3.22. The Morgan fingerprint density at radius 2 is 1.75 bits per heavy atom. The molecule has 2 aromatic carbocycles. The molecule has 0 aliphatic rings. The van der Waals surface area contributed by atoms with Gasteiger partial charge in [-0.05, 0) is 54.3 Å². The SMILES string of the molecule is COc1cc(C)ccc1OCC(=O)Nc1cccc(NC(=O)c2cccs2)c1. The topological polar surface area (TPSA) is 76.7 Å². The zero-order valence-electron chi connectivity index (χ0n) is 15.5. The molecule has 1 heterocycles. The molecular formula is C21H20N2O4S. The van der Waals surface area contributed by atoms with Gasteiger partial charge in [0.25, 0.3) is 11.8 Å². The van der Waals surface area contributed by atoms with Gasteiger partial charge in [-0.25, -0.2) is 0 Å². The van der Waals surface area contributed by atoms with Crippen molar-refractivity contribution in [3.8, 4) is 11.5 Å². The quantitative estimate of drug-likeness (QED) is 0.623. The summed E-state index contributed by atoms with van der Waals surface area (Å²) in [5, 5.41) is 7.41. The fourth-order valence-electron chi connectivity index (χ4n) is 2.51. The summed E-state index contributed by atoms with van der Waals surface area (Å²) in [5.74, 6) is 0.573. The van der Waals surface area contributed by atoms with Crippen LogP contribution in [-0.2, 0) is 4.79 Å². The van der Waals surface area contributed by atoms with Crippen LogP contribution in [0.5, 0.6) is 11.5 Å². The molecule has 6 nitrogen and oxygen atoms in total. The van der Waals surface area contributed by atoms with E-state index in [9.17, 15) is 9.59 Å². The molecule has 28 heavy (non-hydrogen) atoms. The third-order valence-corrected chi connectivity index (χ3v) is 4.70. The normalized spacial score (nSPS) is 10.2. The number of anilines is 2. The summed E-state index contributed by atoms with van der Waals surface area (Å²) in [5.41, 5.74) is 2.20. The number of rotatable bonds is 7. The number of hydrogen-bond donors (Lipinski definition) is 2. The van der Waals surface area contributed by atoms with Gasteiger partial charge in [0.2, 0.25) is 0 Å². The van der Waals surface area contributed by atoms with Crippen molar-refractivity contribution < 1.29 is 19.1 Å². The van der Waals surface area contributed by atoms with Crippen LogP contribution in [0.25, 0.3) is 0 Å². The van der Waals surface area contributed by atoms with E-state index in [4.69, 9.17) is 9.47 Å². The molecule has 0 bridgehead atoms. The highest BCUT2D eigenvalue weighted by Gasteiger charge is 2.10. The van der Waals surface area contributed by atoms with Gasteiger partial charge in [-0.2, -0.15) is 0 Å². The van der Waals surface area contributed by atoms with Crippen LogP contribution in [0.4, 0.5) is 11.4 Å². The van der Waals surface area contributed by atoms with Crippen molar-refractivity contribution in [2.45, 2.75) is 6.92 Å². The molecule has 1 aromatic heterocycles. The Hall–Kier alpha value is -3.32. The molecule has 144 valence electrons. The highest BCUT2D eigenvalue weighted by atomic mass is 32.1. The third kappa shape index (κ3) is 5.11. The number of carbonyl (C=O) groups excluding carboxylic acids is 2. The lowest BCUT2D eigenvalue weighted by Crippen LogP contribution is -2.20. The van der Waals surface area contributed by atoms with Crippen LogP contribution in [0.1, 0.15) is 15.2 Å². The van der Waals surface area contributed by atoms with E-state index in [1.807, 2.05) is 30.5 Å². The molecule has 0 saturated carbocycles. The first-order valence-corrected chi connectivity index (χ1v) is 9.45. The summed E-state index contributed by atoms with van der Waals surface area (Å²) in [6.07, 6.45) is 0. The first kappa shape index (κ1) is 19.4. The molecule has 0 unspecified atom stereocenters. The van der Waals surface area contributed by atoms with E-state index in [2.05, 4.69) is 10.6 Å². The van der Waals surface area contributed by atoms with Crippen LogP contribution in [0.15, 0.2) is 60.0 Å². The number of amides is 2. The van der Waals surface area contributed by atoms with Crippen LogP contribution in [0, 0.1) is 6.92 Å². The molecule has 3 rings (SSSR count). The number of carbonyl (C=O) groups is 2. The zero-order chi connectivity index (χ0) is 19.9. The van der Waals surface area contributed by atoms with Gasteiger partial charge in [-0.3, -0.25) is 9.59 Å². The zero-order valence-corrected chi connectivity index (χ0v) is 16.3. The van der Waals surface area contributed by atoms with Gasteiger partial charge < -0.3 is 20.1 Å². The first-order chi connectivity index (χ1) is 13.5. The Labute approximate surface area is 167 Å². The van der Waals surface area contributed by atoms with Gasteiger partial charge in [-0.15, -0.1) is 11.3 Å². The lowest BCUT2D eigenvalue weighted by Gasteiger charge is -2.12. The lowest BCUT2D eigenvalue weighted by atomic mass is 10.2. The number of hydrogen-bond acceptors (Lipinski definition) is 5. The maximum Gasteiger partial charge on any atom is 0.265 e. The van der Waals surface area contributed by atoms with Gasteiger partial charge in [0.1, 0.15) is 0 Å². The minimum absolute atomic E-state index is 0.162. The number of ether oxygens (including phenoxy) is 2. The molecule has 0 spiro atoms. The Balaban J connectivity index is 1.58. The first-order valence-electron chi connectivity index (χ1n) is 8.57. The number of methoxy groups -OCH3 is 1. The molecule has 7 heteroatoms. The van der Waals surface area contributed by atoms with Gasteiger partial charge >= 0.3 is 0 Å². The lowest BCUT2D eigenvalue weighted by molar-refractivity contribution is -0.118. The average molecular weight is 396 g/mol. The number of aryl methyl sites for hydroxylation is 1. The summed E-state index contributed by atoms with van der Waals surface area (Å²) in [6.45, 7) is 1.79. The van der Waals surface area contributed by atoms with Crippen LogP contribution < -0.4 is 20.1 Å². The highest BCUT2D eigenvalue weighted by Crippen LogP contribution is 2.27. The molecular weight excluding hydrogens is 376 g/mol. The summed E-state index contributed by atoms with van der Waals surface area (Å²) in [7, 11) is 1.55. The maximum absolute atomic E-state index is 12.2. The van der Waals surface area contributed by atoms with Crippen molar-refractivity contribution in [2.24, 2.45) is 0 Å². The minimum Gasteiger partial charge on any atom is -0.493 e. The van der Waals surface area contributed by atoms with E-state index >= 15 is 0 Å². The molecule has 0 aliphatic carbocycles. The summed E-state index contributed by atoms with van der Waals surface area (Å²) < 4.78 is 10.8. The van der Waals surface area contributed by atoms with E-state index in [1.54, 1.807) is 43.5 Å². The third-order valence-electron chi connectivity index (χ3n) is 3.83. The molecule has 3 aromatic rings. The summed E-state index contributed by atoms with van der Waals surface area (Å²) in [6, 6.07) is 16.0. The van der Waals surface area contributed by atoms with Crippen LogP contribution in [0.3, 0.4) is 0 Å². The molecule has 0 saturated heterocycles. The van der Waals surface area contributed by atoms with Crippen LogP contribution in [-0.4, -0.2) is 25.5 Å². The van der Waals surface area contributed by atoms with E-state index in [1.165, 1.54) is 11.3 Å². The van der Waals surface area contributed by atoms with E-state index in [0.717, 1.165) is 5.56 Å².